The summed E-state index contributed by atoms with van der Waals surface area (Å²) in [6, 6.07) is 7.82. The number of morpholine rings is 1. The monoisotopic (exact) mass is 277 g/mol. The van der Waals surface area contributed by atoms with Crippen LogP contribution in [0.1, 0.15) is 13.8 Å². The quantitative estimate of drug-likeness (QED) is 0.903. The number of rotatable bonds is 2. The maximum atomic E-state index is 11.6. The molecule has 2 amide bonds. The maximum absolute atomic E-state index is 11.6. The molecule has 5 heteroatoms. The van der Waals surface area contributed by atoms with E-state index in [9.17, 15) is 4.79 Å². The first-order valence-electron chi connectivity index (χ1n) is 6.84. The van der Waals surface area contributed by atoms with E-state index in [4.69, 9.17) is 4.74 Å². The van der Waals surface area contributed by atoms with Crippen molar-refractivity contribution in [3.63, 3.8) is 0 Å². The van der Waals surface area contributed by atoms with Gasteiger partial charge in [0.15, 0.2) is 0 Å². The summed E-state index contributed by atoms with van der Waals surface area (Å²) >= 11 is 0. The Hall–Kier alpha value is -1.75. The Morgan fingerprint density at radius 3 is 2.50 bits per heavy atom. The van der Waals surface area contributed by atoms with Gasteiger partial charge >= 0.3 is 6.03 Å². The Labute approximate surface area is 120 Å². The highest BCUT2D eigenvalue weighted by Gasteiger charge is 2.30. The molecule has 1 fully saturated rings. The molecule has 1 aromatic rings. The van der Waals surface area contributed by atoms with Gasteiger partial charge < -0.3 is 19.9 Å². The van der Waals surface area contributed by atoms with Crippen molar-refractivity contribution >= 4 is 17.4 Å². The van der Waals surface area contributed by atoms with E-state index in [2.05, 4.69) is 24.1 Å². The second-order valence-corrected chi connectivity index (χ2v) is 5.89. The van der Waals surface area contributed by atoms with E-state index in [0.717, 1.165) is 31.1 Å². The van der Waals surface area contributed by atoms with Gasteiger partial charge in [-0.15, -0.1) is 0 Å². The van der Waals surface area contributed by atoms with Crippen LogP contribution in [0, 0.1) is 0 Å². The van der Waals surface area contributed by atoms with E-state index in [0.29, 0.717) is 0 Å². The zero-order valence-electron chi connectivity index (χ0n) is 12.6. The predicted octanol–water partition coefficient (Wildman–Crippen LogP) is 2.40. The summed E-state index contributed by atoms with van der Waals surface area (Å²) in [6.07, 6.45) is 0. The molecule has 5 nitrogen and oxygen atoms in total. The first-order valence-corrected chi connectivity index (χ1v) is 6.84. The minimum atomic E-state index is -0.121. The van der Waals surface area contributed by atoms with Crippen LogP contribution in [0.15, 0.2) is 24.3 Å². The van der Waals surface area contributed by atoms with Crippen molar-refractivity contribution in [3.05, 3.63) is 24.3 Å². The molecule has 0 bridgehead atoms. The van der Waals surface area contributed by atoms with Gasteiger partial charge in [0.05, 0.1) is 18.8 Å². The molecule has 1 aliphatic rings. The number of hydrogen-bond acceptors (Lipinski definition) is 3. The molecular weight excluding hydrogens is 254 g/mol. The predicted molar refractivity (Wildman–Crippen MR) is 81.4 cm³/mol. The molecule has 0 unspecified atom stereocenters. The van der Waals surface area contributed by atoms with Crippen LogP contribution in [-0.4, -0.2) is 50.3 Å². The molecule has 1 heterocycles. The fourth-order valence-corrected chi connectivity index (χ4v) is 2.30. The third kappa shape index (κ3) is 3.22. The van der Waals surface area contributed by atoms with Crippen LogP contribution < -0.4 is 10.2 Å². The van der Waals surface area contributed by atoms with Crippen LogP contribution in [0.5, 0.6) is 0 Å². The van der Waals surface area contributed by atoms with Gasteiger partial charge in [-0.05, 0) is 38.1 Å². The van der Waals surface area contributed by atoms with E-state index in [1.165, 1.54) is 4.90 Å². The Morgan fingerprint density at radius 1 is 1.30 bits per heavy atom. The summed E-state index contributed by atoms with van der Waals surface area (Å²) in [5, 5.41) is 2.84. The smallest absolute Gasteiger partial charge is 0.321 e. The molecule has 0 atom stereocenters. The highest BCUT2D eigenvalue weighted by atomic mass is 16.5. The molecule has 2 rings (SSSR count). The molecule has 0 spiro atoms. The molecule has 0 saturated carbocycles. The van der Waals surface area contributed by atoms with Gasteiger partial charge in [0.25, 0.3) is 0 Å². The van der Waals surface area contributed by atoms with Gasteiger partial charge in [-0.25, -0.2) is 4.79 Å². The minimum absolute atomic E-state index is 0.00729. The highest BCUT2D eigenvalue weighted by molar-refractivity contribution is 5.89. The number of hydrogen-bond donors (Lipinski definition) is 1. The standard InChI is InChI=1S/C15H23N3O2/c1-15(2)11-20-10-9-18(15)13-7-5-12(6-8-13)16-14(19)17(3)4/h5-8H,9-11H2,1-4H3,(H,16,19). The second kappa shape index (κ2) is 5.71. The van der Waals surface area contributed by atoms with Gasteiger partial charge in [0, 0.05) is 32.0 Å². The third-order valence-corrected chi connectivity index (χ3v) is 3.48. The molecule has 1 N–H and O–H groups in total. The van der Waals surface area contributed by atoms with Crippen LogP contribution in [-0.2, 0) is 4.74 Å². The van der Waals surface area contributed by atoms with Crippen LogP contribution in [0.25, 0.3) is 0 Å². The molecule has 1 saturated heterocycles. The first kappa shape index (κ1) is 14.7. The first-order chi connectivity index (χ1) is 9.40. The average molecular weight is 277 g/mol. The summed E-state index contributed by atoms with van der Waals surface area (Å²) in [7, 11) is 3.44. The number of ether oxygens (including phenoxy) is 1. The number of nitrogens with one attached hydrogen (secondary N) is 1. The largest absolute Gasteiger partial charge is 0.377 e. The van der Waals surface area contributed by atoms with Crippen molar-refractivity contribution < 1.29 is 9.53 Å². The van der Waals surface area contributed by atoms with E-state index in [1.807, 2.05) is 24.3 Å². The number of anilines is 2. The fraction of sp³-hybridized carbons (Fsp3) is 0.533. The van der Waals surface area contributed by atoms with Gasteiger partial charge in [0.1, 0.15) is 0 Å². The summed E-state index contributed by atoms with van der Waals surface area (Å²) in [5.74, 6) is 0. The molecule has 0 aliphatic carbocycles. The van der Waals surface area contributed by atoms with Gasteiger partial charge in [-0.2, -0.15) is 0 Å². The fourth-order valence-electron chi connectivity index (χ4n) is 2.30. The zero-order chi connectivity index (χ0) is 14.8. The number of carbonyl (C=O) groups excluding carboxylic acids is 1. The number of amides is 2. The summed E-state index contributed by atoms with van der Waals surface area (Å²) in [5.41, 5.74) is 1.95. The van der Waals surface area contributed by atoms with Gasteiger partial charge in [0.2, 0.25) is 0 Å². The summed E-state index contributed by atoms with van der Waals surface area (Å²) < 4.78 is 5.53. The third-order valence-electron chi connectivity index (χ3n) is 3.48. The van der Waals surface area contributed by atoms with Crippen molar-refractivity contribution in [1.82, 2.24) is 4.90 Å². The molecule has 1 aromatic carbocycles. The molecular formula is C15H23N3O2. The van der Waals surface area contributed by atoms with Gasteiger partial charge in [-0.3, -0.25) is 0 Å². The van der Waals surface area contributed by atoms with E-state index in [-0.39, 0.29) is 11.6 Å². The van der Waals surface area contributed by atoms with E-state index < -0.39 is 0 Å². The Balaban J connectivity index is 2.10. The van der Waals surface area contributed by atoms with Crippen molar-refractivity contribution in [2.45, 2.75) is 19.4 Å². The topological polar surface area (TPSA) is 44.8 Å². The van der Waals surface area contributed by atoms with E-state index in [1.54, 1.807) is 14.1 Å². The number of nitrogens with zero attached hydrogens (tertiary/aromatic N) is 2. The molecule has 1 aliphatic heterocycles. The molecule has 110 valence electrons. The van der Waals surface area contributed by atoms with Crippen molar-refractivity contribution in [2.24, 2.45) is 0 Å². The van der Waals surface area contributed by atoms with Gasteiger partial charge in [-0.1, -0.05) is 0 Å². The lowest BCUT2D eigenvalue weighted by molar-refractivity contribution is 0.0644. The Kier molecular flexibility index (Phi) is 4.18. The lowest BCUT2D eigenvalue weighted by atomic mass is 10.0. The van der Waals surface area contributed by atoms with E-state index >= 15 is 0 Å². The lowest BCUT2D eigenvalue weighted by Crippen LogP contribution is -2.53. The van der Waals surface area contributed by atoms with Crippen LogP contribution >= 0.6 is 0 Å². The Bertz CT molecular complexity index is 469. The molecule has 20 heavy (non-hydrogen) atoms. The molecule has 0 radical (unpaired) electrons. The Morgan fingerprint density at radius 2 is 1.95 bits per heavy atom. The van der Waals surface area contributed by atoms with Crippen molar-refractivity contribution in [1.29, 1.82) is 0 Å². The number of benzene rings is 1. The number of carbonyl (C=O) groups is 1. The van der Waals surface area contributed by atoms with Crippen LogP contribution in [0.2, 0.25) is 0 Å². The SMILES string of the molecule is CN(C)C(=O)Nc1ccc(N2CCOCC2(C)C)cc1. The summed E-state index contributed by atoms with van der Waals surface area (Å²) in [4.78, 5) is 15.4. The minimum Gasteiger partial charge on any atom is -0.377 e. The summed E-state index contributed by atoms with van der Waals surface area (Å²) in [6.45, 7) is 6.72. The van der Waals surface area contributed by atoms with Crippen molar-refractivity contribution in [2.75, 3.05) is 44.1 Å². The number of urea groups is 1. The van der Waals surface area contributed by atoms with Crippen LogP contribution in [0.4, 0.5) is 16.2 Å². The normalized spacial score (nSPS) is 17.7. The zero-order valence-corrected chi connectivity index (χ0v) is 12.6. The second-order valence-electron chi connectivity index (χ2n) is 5.89. The molecule has 0 aromatic heterocycles. The average Bonchev–Trinajstić information content (AvgIpc) is 2.39. The lowest BCUT2D eigenvalue weighted by Gasteiger charge is -2.43. The van der Waals surface area contributed by atoms with Crippen LogP contribution in [0.3, 0.4) is 0 Å². The van der Waals surface area contributed by atoms with Crippen molar-refractivity contribution in [3.8, 4) is 0 Å². The highest BCUT2D eigenvalue weighted by Crippen LogP contribution is 2.27. The maximum Gasteiger partial charge on any atom is 0.321 e.